The van der Waals surface area contributed by atoms with Crippen molar-refractivity contribution < 1.29 is 4.74 Å². The number of ether oxygens (including phenoxy) is 1. The van der Waals surface area contributed by atoms with E-state index in [9.17, 15) is 0 Å². The number of hydrogen-bond donors (Lipinski definition) is 0. The van der Waals surface area contributed by atoms with Gasteiger partial charge < -0.3 is 4.74 Å². The molecule has 0 aliphatic heterocycles. The molecule has 0 saturated heterocycles. The van der Waals surface area contributed by atoms with Crippen molar-refractivity contribution in [3.05, 3.63) is 20.8 Å². The van der Waals surface area contributed by atoms with Crippen LogP contribution in [-0.2, 0) is 4.74 Å². The van der Waals surface area contributed by atoms with E-state index in [1.165, 1.54) is 4.88 Å². The third-order valence-electron chi connectivity index (χ3n) is 3.32. The van der Waals surface area contributed by atoms with Gasteiger partial charge in [0.05, 0.1) is 15.8 Å². The first kappa shape index (κ1) is 13.7. The monoisotopic (exact) mass is 292 g/mol. The quantitative estimate of drug-likeness (QED) is 0.678. The van der Waals surface area contributed by atoms with Crippen molar-refractivity contribution in [2.45, 2.75) is 44.6 Å². The largest absolute Gasteiger partial charge is 0.378 e. The van der Waals surface area contributed by atoms with E-state index in [1.807, 2.05) is 13.8 Å². The van der Waals surface area contributed by atoms with Crippen molar-refractivity contribution in [2.24, 2.45) is 5.92 Å². The summed E-state index contributed by atoms with van der Waals surface area (Å²) in [6.45, 7) is 4.90. The first-order valence-corrected chi connectivity index (χ1v) is 7.74. The van der Waals surface area contributed by atoms with Crippen molar-refractivity contribution in [3.63, 3.8) is 0 Å². The number of hydrogen-bond acceptors (Lipinski definition) is 2. The van der Waals surface area contributed by atoms with Crippen LogP contribution in [0.3, 0.4) is 0 Å². The molecule has 1 aromatic heterocycles. The minimum Gasteiger partial charge on any atom is -0.378 e. The molecule has 1 atom stereocenters. The molecule has 0 radical (unpaired) electrons. The van der Waals surface area contributed by atoms with Gasteiger partial charge in [-0.3, -0.25) is 0 Å². The fraction of sp³-hybridized carbons (Fsp3) is 0.692. The Labute approximate surface area is 117 Å². The van der Waals surface area contributed by atoms with Crippen LogP contribution in [0.2, 0.25) is 4.34 Å². The van der Waals surface area contributed by atoms with Gasteiger partial charge in [0.1, 0.15) is 0 Å². The Balaban J connectivity index is 1.80. The highest BCUT2D eigenvalue weighted by molar-refractivity contribution is 7.16. The van der Waals surface area contributed by atoms with E-state index in [2.05, 4.69) is 6.07 Å². The predicted octanol–water partition coefficient (Wildman–Crippen LogP) is 5.20. The average Bonchev–Trinajstić information content (AvgIpc) is 2.56. The van der Waals surface area contributed by atoms with Crippen molar-refractivity contribution in [1.29, 1.82) is 0 Å². The van der Waals surface area contributed by atoms with Gasteiger partial charge in [-0.1, -0.05) is 11.6 Å². The highest BCUT2D eigenvalue weighted by Crippen LogP contribution is 2.42. The third-order valence-corrected chi connectivity index (χ3v) is 5.53. The van der Waals surface area contributed by atoms with Crippen LogP contribution in [0.4, 0.5) is 0 Å². The molecular weight excluding hydrogens is 275 g/mol. The van der Waals surface area contributed by atoms with E-state index in [-0.39, 0.29) is 5.38 Å². The molecule has 1 aliphatic rings. The van der Waals surface area contributed by atoms with Gasteiger partial charge in [0.15, 0.2) is 0 Å². The number of aryl methyl sites for hydroxylation is 1. The first-order valence-electron chi connectivity index (χ1n) is 6.11. The van der Waals surface area contributed by atoms with Crippen molar-refractivity contribution in [1.82, 2.24) is 0 Å². The Morgan fingerprint density at radius 2 is 2.24 bits per heavy atom. The molecule has 2 rings (SSSR count). The van der Waals surface area contributed by atoms with Gasteiger partial charge in [-0.25, -0.2) is 0 Å². The molecule has 96 valence electrons. The van der Waals surface area contributed by atoms with E-state index in [0.717, 1.165) is 41.7 Å². The Morgan fingerprint density at radius 3 is 2.76 bits per heavy atom. The van der Waals surface area contributed by atoms with Crippen molar-refractivity contribution in [3.8, 4) is 0 Å². The molecule has 0 bridgehead atoms. The molecular formula is C13H18Cl2OS. The van der Waals surface area contributed by atoms with Gasteiger partial charge in [0, 0.05) is 11.5 Å². The molecule has 1 unspecified atom stereocenters. The topological polar surface area (TPSA) is 9.23 Å². The zero-order valence-corrected chi connectivity index (χ0v) is 12.5. The second-order valence-corrected chi connectivity index (χ2v) is 6.94. The van der Waals surface area contributed by atoms with Gasteiger partial charge >= 0.3 is 0 Å². The molecule has 1 fully saturated rings. The Bertz CT molecular complexity index is 352. The third kappa shape index (κ3) is 3.37. The average molecular weight is 293 g/mol. The van der Waals surface area contributed by atoms with Crippen molar-refractivity contribution in [2.75, 3.05) is 6.61 Å². The fourth-order valence-corrected chi connectivity index (χ4v) is 3.94. The molecule has 1 heterocycles. The van der Waals surface area contributed by atoms with Crippen LogP contribution in [0, 0.1) is 12.8 Å². The van der Waals surface area contributed by atoms with Crippen LogP contribution in [0.15, 0.2) is 6.07 Å². The highest BCUT2D eigenvalue weighted by Gasteiger charge is 2.31. The van der Waals surface area contributed by atoms with Crippen LogP contribution in [0.25, 0.3) is 0 Å². The molecule has 1 aromatic rings. The lowest BCUT2D eigenvalue weighted by atomic mass is 9.79. The van der Waals surface area contributed by atoms with Gasteiger partial charge in [-0.2, -0.15) is 0 Å². The van der Waals surface area contributed by atoms with Gasteiger partial charge in [0.2, 0.25) is 0 Å². The number of thiophene rings is 1. The summed E-state index contributed by atoms with van der Waals surface area (Å²) in [5, 5.41) is 0.110. The standard InChI is InChI=1S/C13H18Cl2OS/c1-3-16-10-5-9(6-10)7-11(14)12-4-8(2)13(15)17-12/h4,9-11H,3,5-7H2,1-2H3. The molecule has 0 spiro atoms. The lowest BCUT2D eigenvalue weighted by Gasteiger charge is -2.35. The van der Waals surface area contributed by atoms with Gasteiger partial charge in [0.25, 0.3) is 0 Å². The van der Waals surface area contributed by atoms with Gasteiger partial charge in [-0.15, -0.1) is 22.9 Å². The Kier molecular flexibility index (Phi) is 4.76. The second-order valence-electron chi connectivity index (χ2n) is 4.72. The molecule has 0 aromatic carbocycles. The molecule has 1 aliphatic carbocycles. The fourth-order valence-electron chi connectivity index (χ4n) is 2.29. The minimum atomic E-state index is 0.110. The van der Waals surface area contributed by atoms with Crippen LogP contribution in [0.5, 0.6) is 0 Å². The summed E-state index contributed by atoms with van der Waals surface area (Å²) >= 11 is 14.1. The SMILES string of the molecule is CCOC1CC(CC(Cl)c2cc(C)c(Cl)s2)C1. The van der Waals surface area contributed by atoms with Gasteiger partial charge in [-0.05, 0) is 50.7 Å². The number of halogens is 2. The molecule has 4 heteroatoms. The summed E-state index contributed by atoms with van der Waals surface area (Å²) in [4.78, 5) is 1.20. The van der Waals surface area contributed by atoms with Crippen molar-refractivity contribution >= 4 is 34.5 Å². The van der Waals surface area contributed by atoms with Crippen LogP contribution < -0.4 is 0 Å². The first-order chi connectivity index (χ1) is 8.10. The smallest absolute Gasteiger partial charge is 0.0960 e. The van der Waals surface area contributed by atoms with E-state index in [0.29, 0.717) is 6.10 Å². The van der Waals surface area contributed by atoms with Crippen LogP contribution in [-0.4, -0.2) is 12.7 Å². The number of rotatable bonds is 5. The molecule has 1 saturated carbocycles. The molecule has 17 heavy (non-hydrogen) atoms. The zero-order chi connectivity index (χ0) is 12.4. The maximum atomic E-state index is 6.43. The van der Waals surface area contributed by atoms with Crippen LogP contribution >= 0.6 is 34.5 Å². The molecule has 1 nitrogen and oxygen atoms in total. The lowest BCUT2D eigenvalue weighted by Crippen LogP contribution is -2.31. The summed E-state index contributed by atoms with van der Waals surface area (Å²) < 4.78 is 6.42. The summed E-state index contributed by atoms with van der Waals surface area (Å²) in [5.41, 5.74) is 1.14. The van der Waals surface area contributed by atoms with E-state index in [4.69, 9.17) is 27.9 Å². The summed E-state index contributed by atoms with van der Waals surface area (Å²) in [7, 11) is 0. The highest BCUT2D eigenvalue weighted by atomic mass is 35.5. The minimum absolute atomic E-state index is 0.110. The molecule has 0 amide bonds. The summed E-state index contributed by atoms with van der Waals surface area (Å²) in [6, 6.07) is 2.11. The Hall–Kier alpha value is 0.240. The summed E-state index contributed by atoms with van der Waals surface area (Å²) in [6.07, 6.45) is 3.84. The zero-order valence-electron chi connectivity index (χ0n) is 10.2. The summed E-state index contributed by atoms with van der Waals surface area (Å²) in [5.74, 6) is 0.718. The van der Waals surface area contributed by atoms with E-state index < -0.39 is 0 Å². The van der Waals surface area contributed by atoms with Crippen LogP contribution in [0.1, 0.15) is 42.0 Å². The second kappa shape index (κ2) is 5.92. The van der Waals surface area contributed by atoms with E-state index in [1.54, 1.807) is 11.3 Å². The number of alkyl halides is 1. The predicted molar refractivity (Wildman–Crippen MR) is 75.4 cm³/mol. The normalized spacial score (nSPS) is 25.6. The maximum Gasteiger partial charge on any atom is 0.0960 e. The van der Waals surface area contributed by atoms with E-state index >= 15 is 0 Å². The maximum absolute atomic E-state index is 6.43. The lowest BCUT2D eigenvalue weighted by molar-refractivity contribution is -0.0266. The Morgan fingerprint density at radius 1 is 1.53 bits per heavy atom. The molecule has 0 N–H and O–H groups in total.